The van der Waals surface area contributed by atoms with Gasteiger partial charge in [0.2, 0.25) is 5.95 Å². The molecule has 20 heavy (non-hydrogen) atoms. The van der Waals surface area contributed by atoms with Crippen LogP contribution in [0.1, 0.15) is 12.8 Å². The molecule has 0 aliphatic carbocycles. The van der Waals surface area contributed by atoms with E-state index in [4.69, 9.17) is 28.9 Å². The second-order valence-corrected chi connectivity index (χ2v) is 5.80. The van der Waals surface area contributed by atoms with Gasteiger partial charge in [-0.05, 0) is 31.0 Å². The molecule has 1 unspecified atom stereocenters. The molecule has 1 aliphatic rings. The fourth-order valence-corrected chi connectivity index (χ4v) is 2.76. The van der Waals surface area contributed by atoms with Gasteiger partial charge in [-0.3, -0.25) is 5.10 Å². The molecule has 0 bridgehead atoms. The van der Waals surface area contributed by atoms with E-state index in [1.54, 1.807) is 18.2 Å². The van der Waals surface area contributed by atoms with Crippen molar-refractivity contribution in [2.75, 3.05) is 18.0 Å². The third kappa shape index (κ3) is 2.75. The number of piperidine rings is 1. The number of benzene rings is 1. The lowest BCUT2D eigenvalue weighted by Gasteiger charge is -2.29. The predicted octanol–water partition coefficient (Wildman–Crippen LogP) is 2.71. The highest BCUT2D eigenvalue weighted by atomic mass is 35.5. The summed E-state index contributed by atoms with van der Waals surface area (Å²) in [6, 6.07) is 5.45. The van der Waals surface area contributed by atoms with Crippen molar-refractivity contribution in [1.29, 1.82) is 0 Å². The van der Waals surface area contributed by atoms with E-state index in [9.17, 15) is 0 Å². The molecular formula is C13H15Cl2N5. The smallest absolute Gasteiger partial charge is 0.245 e. The second kappa shape index (κ2) is 5.60. The van der Waals surface area contributed by atoms with Crippen LogP contribution < -0.4 is 10.6 Å². The number of anilines is 1. The second-order valence-electron chi connectivity index (χ2n) is 4.96. The highest BCUT2D eigenvalue weighted by Gasteiger charge is 2.20. The molecule has 0 saturated carbocycles. The van der Waals surface area contributed by atoms with Crippen molar-refractivity contribution in [3.05, 3.63) is 28.2 Å². The van der Waals surface area contributed by atoms with Crippen LogP contribution >= 0.6 is 23.2 Å². The van der Waals surface area contributed by atoms with Crippen molar-refractivity contribution < 1.29 is 0 Å². The Morgan fingerprint density at radius 2 is 2.20 bits per heavy atom. The summed E-state index contributed by atoms with van der Waals surface area (Å²) in [5.41, 5.74) is 6.73. The largest absolute Gasteiger partial charge is 0.338 e. The number of nitrogens with one attached hydrogen (secondary N) is 1. The number of aromatic nitrogens is 3. The Morgan fingerprint density at radius 1 is 1.35 bits per heavy atom. The fourth-order valence-electron chi connectivity index (χ4n) is 2.39. The maximum atomic E-state index is 6.17. The third-order valence-electron chi connectivity index (χ3n) is 3.40. The molecule has 5 nitrogen and oxygen atoms in total. The van der Waals surface area contributed by atoms with E-state index in [2.05, 4.69) is 20.1 Å². The van der Waals surface area contributed by atoms with Gasteiger partial charge in [-0.2, -0.15) is 4.98 Å². The van der Waals surface area contributed by atoms with E-state index in [1.165, 1.54) is 0 Å². The minimum atomic E-state index is 0.181. The molecule has 1 aromatic heterocycles. The van der Waals surface area contributed by atoms with Crippen molar-refractivity contribution in [3.8, 4) is 11.4 Å². The topological polar surface area (TPSA) is 70.8 Å². The van der Waals surface area contributed by atoms with E-state index in [0.29, 0.717) is 21.8 Å². The van der Waals surface area contributed by atoms with Crippen LogP contribution in [0.4, 0.5) is 5.95 Å². The summed E-state index contributed by atoms with van der Waals surface area (Å²) < 4.78 is 0. The minimum Gasteiger partial charge on any atom is -0.338 e. The fraction of sp³-hybridized carbons (Fsp3) is 0.385. The van der Waals surface area contributed by atoms with Gasteiger partial charge in [0.25, 0.3) is 0 Å². The summed E-state index contributed by atoms with van der Waals surface area (Å²) in [7, 11) is 0. The number of rotatable bonds is 2. The van der Waals surface area contributed by atoms with Crippen LogP contribution in [-0.4, -0.2) is 34.3 Å². The standard InChI is InChI=1S/C13H15Cl2N5/c14-8-3-4-11(15)10(6-8)12-17-13(19-18-12)20-5-1-2-9(16)7-20/h3-4,6,9H,1-2,5,7,16H2,(H,17,18,19). The van der Waals surface area contributed by atoms with Crippen molar-refractivity contribution in [2.24, 2.45) is 5.73 Å². The van der Waals surface area contributed by atoms with E-state index in [1.807, 2.05) is 0 Å². The van der Waals surface area contributed by atoms with Gasteiger partial charge in [0.1, 0.15) is 0 Å². The molecule has 2 aromatic rings. The molecule has 1 aliphatic heterocycles. The molecule has 2 heterocycles. The number of nitrogens with zero attached hydrogens (tertiary/aromatic N) is 3. The van der Waals surface area contributed by atoms with Gasteiger partial charge in [0, 0.05) is 29.7 Å². The Labute approximate surface area is 127 Å². The molecule has 1 saturated heterocycles. The Morgan fingerprint density at radius 3 is 3.00 bits per heavy atom. The molecule has 7 heteroatoms. The molecule has 3 rings (SSSR count). The van der Waals surface area contributed by atoms with Crippen molar-refractivity contribution in [2.45, 2.75) is 18.9 Å². The zero-order valence-electron chi connectivity index (χ0n) is 10.8. The van der Waals surface area contributed by atoms with Crippen LogP contribution in [0.25, 0.3) is 11.4 Å². The van der Waals surface area contributed by atoms with Crippen molar-refractivity contribution in [3.63, 3.8) is 0 Å². The van der Waals surface area contributed by atoms with Crippen LogP contribution in [-0.2, 0) is 0 Å². The first-order valence-corrected chi connectivity index (χ1v) is 7.27. The first-order chi connectivity index (χ1) is 9.63. The molecule has 1 atom stereocenters. The Kier molecular flexibility index (Phi) is 3.83. The maximum absolute atomic E-state index is 6.17. The van der Waals surface area contributed by atoms with Gasteiger partial charge in [-0.25, -0.2) is 0 Å². The SMILES string of the molecule is NC1CCCN(c2n[nH]c(-c3cc(Cl)ccc3Cl)n2)C1. The lowest BCUT2D eigenvalue weighted by molar-refractivity contribution is 0.500. The predicted molar refractivity (Wildman–Crippen MR) is 81.3 cm³/mol. The quantitative estimate of drug-likeness (QED) is 0.894. The van der Waals surface area contributed by atoms with Crippen LogP contribution in [0.15, 0.2) is 18.2 Å². The molecule has 1 aromatic carbocycles. The number of halogens is 2. The lowest BCUT2D eigenvalue weighted by atomic mass is 10.1. The Bertz CT molecular complexity index is 613. The van der Waals surface area contributed by atoms with Crippen LogP contribution in [0.3, 0.4) is 0 Å². The third-order valence-corrected chi connectivity index (χ3v) is 3.96. The summed E-state index contributed by atoms with van der Waals surface area (Å²) >= 11 is 12.2. The number of nitrogens with two attached hydrogens (primary N) is 1. The van der Waals surface area contributed by atoms with Crippen LogP contribution in [0, 0.1) is 0 Å². The number of H-pyrrole nitrogens is 1. The van der Waals surface area contributed by atoms with E-state index in [-0.39, 0.29) is 6.04 Å². The maximum Gasteiger partial charge on any atom is 0.245 e. The zero-order chi connectivity index (χ0) is 14.1. The first-order valence-electron chi connectivity index (χ1n) is 6.52. The molecule has 3 N–H and O–H groups in total. The lowest BCUT2D eigenvalue weighted by Crippen LogP contribution is -2.43. The molecule has 0 radical (unpaired) electrons. The van der Waals surface area contributed by atoms with Gasteiger partial charge >= 0.3 is 0 Å². The molecular weight excluding hydrogens is 297 g/mol. The van der Waals surface area contributed by atoms with Gasteiger partial charge in [-0.15, -0.1) is 5.10 Å². The van der Waals surface area contributed by atoms with Crippen molar-refractivity contribution in [1.82, 2.24) is 15.2 Å². The summed E-state index contributed by atoms with van der Waals surface area (Å²) in [6.07, 6.45) is 2.11. The number of aromatic amines is 1. The van der Waals surface area contributed by atoms with Gasteiger partial charge in [0.05, 0.1) is 5.02 Å². The monoisotopic (exact) mass is 311 g/mol. The summed E-state index contributed by atoms with van der Waals surface area (Å²) in [6.45, 7) is 1.70. The van der Waals surface area contributed by atoms with Gasteiger partial charge in [-0.1, -0.05) is 23.2 Å². The Hall–Kier alpha value is -1.30. The van der Waals surface area contributed by atoms with Gasteiger partial charge < -0.3 is 10.6 Å². The summed E-state index contributed by atoms with van der Waals surface area (Å²) in [4.78, 5) is 6.59. The minimum absolute atomic E-state index is 0.181. The van der Waals surface area contributed by atoms with Crippen LogP contribution in [0.5, 0.6) is 0 Å². The number of hydrogen-bond acceptors (Lipinski definition) is 4. The average Bonchev–Trinajstić information content (AvgIpc) is 2.91. The normalized spacial score (nSPS) is 19.4. The Balaban J connectivity index is 1.88. The molecule has 0 amide bonds. The molecule has 0 spiro atoms. The molecule has 106 valence electrons. The van der Waals surface area contributed by atoms with Crippen molar-refractivity contribution >= 4 is 29.2 Å². The molecule has 1 fully saturated rings. The van der Waals surface area contributed by atoms with E-state index in [0.717, 1.165) is 31.5 Å². The van der Waals surface area contributed by atoms with Gasteiger partial charge in [0.15, 0.2) is 5.82 Å². The van der Waals surface area contributed by atoms with E-state index >= 15 is 0 Å². The highest BCUT2D eigenvalue weighted by molar-refractivity contribution is 6.35. The first kappa shape index (κ1) is 13.7. The average molecular weight is 312 g/mol. The van der Waals surface area contributed by atoms with E-state index < -0.39 is 0 Å². The highest BCUT2D eigenvalue weighted by Crippen LogP contribution is 2.29. The summed E-state index contributed by atoms with van der Waals surface area (Å²) in [5, 5.41) is 8.37. The van der Waals surface area contributed by atoms with Crippen LogP contribution in [0.2, 0.25) is 10.0 Å². The number of hydrogen-bond donors (Lipinski definition) is 2. The zero-order valence-corrected chi connectivity index (χ0v) is 12.3. The summed E-state index contributed by atoms with van der Waals surface area (Å²) in [5.74, 6) is 1.28.